The van der Waals surface area contributed by atoms with Gasteiger partial charge in [0.1, 0.15) is 0 Å². The first-order chi connectivity index (χ1) is 8.22. The van der Waals surface area contributed by atoms with Crippen LogP contribution in [0.1, 0.15) is 29.1 Å². The van der Waals surface area contributed by atoms with Crippen molar-refractivity contribution in [3.8, 4) is 0 Å². The predicted molar refractivity (Wildman–Crippen MR) is 79.0 cm³/mol. The lowest BCUT2D eigenvalue weighted by Crippen LogP contribution is -2.44. The monoisotopic (exact) mass is 270 g/mol. The van der Waals surface area contributed by atoms with Gasteiger partial charge in [-0.3, -0.25) is 4.90 Å². The van der Waals surface area contributed by atoms with Gasteiger partial charge in [-0.05, 0) is 25.5 Å². The van der Waals surface area contributed by atoms with Crippen LogP contribution in [0.3, 0.4) is 0 Å². The van der Waals surface area contributed by atoms with E-state index in [1.165, 1.54) is 34.3 Å². The molecule has 0 amide bonds. The normalized spacial score (nSPS) is 21.4. The molecule has 0 aromatic carbocycles. The maximum atomic E-state index is 6.35. The van der Waals surface area contributed by atoms with Gasteiger partial charge in [0.05, 0.1) is 6.04 Å². The zero-order chi connectivity index (χ0) is 12.3. The number of thioether (sulfide) groups is 1. The third-order valence-corrected chi connectivity index (χ3v) is 5.38. The molecule has 0 radical (unpaired) electrons. The van der Waals surface area contributed by atoms with Gasteiger partial charge < -0.3 is 5.73 Å². The fourth-order valence-corrected chi connectivity index (χ4v) is 4.37. The van der Waals surface area contributed by atoms with Gasteiger partial charge >= 0.3 is 0 Å². The molecule has 2 nitrogen and oxygen atoms in total. The van der Waals surface area contributed by atoms with E-state index in [1.807, 2.05) is 11.3 Å². The number of thiophene rings is 1. The largest absolute Gasteiger partial charge is 0.326 e. The molecule has 1 fully saturated rings. The van der Waals surface area contributed by atoms with Crippen molar-refractivity contribution in [1.82, 2.24) is 4.90 Å². The molecule has 1 aliphatic rings. The molecular weight excluding hydrogens is 248 g/mol. The zero-order valence-electron chi connectivity index (χ0n) is 10.7. The molecule has 2 heterocycles. The van der Waals surface area contributed by atoms with Crippen LogP contribution in [0, 0.1) is 6.92 Å². The third kappa shape index (κ3) is 3.25. The van der Waals surface area contributed by atoms with E-state index in [4.69, 9.17) is 5.73 Å². The first-order valence-corrected chi connectivity index (χ1v) is 8.33. The minimum Gasteiger partial charge on any atom is -0.326 e. The minimum absolute atomic E-state index is 0.260. The summed E-state index contributed by atoms with van der Waals surface area (Å²) in [6.07, 6.45) is 1.05. The molecule has 17 heavy (non-hydrogen) atoms. The predicted octanol–water partition coefficient (Wildman–Crippen LogP) is 2.88. The number of aryl methyl sites for hydroxylation is 1. The van der Waals surface area contributed by atoms with Crippen LogP contribution in [0.4, 0.5) is 0 Å². The van der Waals surface area contributed by atoms with Gasteiger partial charge in [0.2, 0.25) is 0 Å². The summed E-state index contributed by atoms with van der Waals surface area (Å²) in [5.74, 6) is 2.49. The Kier molecular flexibility index (Phi) is 4.91. The van der Waals surface area contributed by atoms with Gasteiger partial charge in [-0.2, -0.15) is 11.8 Å². The van der Waals surface area contributed by atoms with E-state index >= 15 is 0 Å². The van der Waals surface area contributed by atoms with Crippen LogP contribution < -0.4 is 5.73 Å². The van der Waals surface area contributed by atoms with Crippen LogP contribution in [-0.2, 0) is 0 Å². The third-order valence-electron chi connectivity index (χ3n) is 3.37. The molecule has 0 saturated carbocycles. The molecule has 4 heteroatoms. The second kappa shape index (κ2) is 6.23. The highest BCUT2D eigenvalue weighted by molar-refractivity contribution is 7.99. The van der Waals surface area contributed by atoms with Crippen LogP contribution in [0.2, 0.25) is 0 Å². The minimum atomic E-state index is 0.260. The van der Waals surface area contributed by atoms with Crippen molar-refractivity contribution in [2.45, 2.75) is 32.4 Å². The molecule has 1 aromatic rings. The van der Waals surface area contributed by atoms with Crippen molar-refractivity contribution in [3.05, 3.63) is 21.9 Å². The van der Waals surface area contributed by atoms with Crippen molar-refractivity contribution in [2.75, 3.05) is 24.6 Å². The summed E-state index contributed by atoms with van der Waals surface area (Å²) in [5, 5.41) is 0. The van der Waals surface area contributed by atoms with Crippen molar-refractivity contribution < 1.29 is 0 Å². The maximum Gasteiger partial charge on any atom is 0.0594 e. The van der Waals surface area contributed by atoms with E-state index in [2.05, 4.69) is 42.6 Å². The van der Waals surface area contributed by atoms with Crippen molar-refractivity contribution in [1.29, 1.82) is 0 Å². The summed E-state index contributed by atoms with van der Waals surface area (Å²) >= 11 is 3.96. The Labute approximate surface area is 113 Å². The number of rotatable bonds is 4. The van der Waals surface area contributed by atoms with Gasteiger partial charge in [0.25, 0.3) is 0 Å². The highest BCUT2D eigenvalue weighted by Gasteiger charge is 2.27. The molecular formula is C13H22N2S2. The average Bonchev–Trinajstić information content (AvgIpc) is 2.77. The highest BCUT2D eigenvalue weighted by Crippen LogP contribution is 2.32. The number of nitrogens with two attached hydrogens (primary N) is 1. The number of hydrogen-bond donors (Lipinski definition) is 1. The van der Waals surface area contributed by atoms with Crippen LogP contribution in [0.15, 0.2) is 12.1 Å². The average molecular weight is 270 g/mol. The summed E-state index contributed by atoms with van der Waals surface area (Å²) in [6.45, 7) is 6.73. The van der Waals surface area contributed by atoms with E-state index in [0.29, 0.717) is 6.04 Å². The summed E-state index contributed by atoms with van der Waals surface area (Å²) in [4.78, 5) is 5.42. The number of hydrogen-bond acceptors (Lipinski definition) is 4. The van der Waals surface area contributed by atoms with Gasteiger partial charge in [-0.15, -0.1) is 11.3 Å². The first kappa shape index (κ1) is 13.4. The number of nitrogens with zero attached hydrogens (tertiary/aromatic N) is 1. The molecule has 0 aliphatic carbocycles. The molecule has 2 N–H and O–H groups in total. The summed E-state index contributed by atoms with van der Waals surface area (Å²) in [5.41, 5.74) is 6.35. The molecule has 2 unspecified atom stereocenters. The fourth-order valence-electron chi connectivity index (χ4n) is 2.35. The lowest BCUT2D eigenvalue weighted by atomic mass is 10.0. The smallest absolute Gasteiger partial charge is 0.0594 e. The second-order valence-corrected chi connectivity index (χ2v) is 7.16. The summed E-state index contributed by atoms with van der Waals surface area (Å²) in [6, 6.07) is 5.17. The first-order valence-electron chi connectivity index (χ1n) is 6.36. The SMILES string of the molecule is CCC(N)C(c1ccc(C)s1)N1CCSCC1. The lowest BCUT2D eigenvalue weighted by Gasteiger charge is -2.36. The topological polar surface area (TPSA) is 29.3 Å². The Morgan fingerprint density at radius 2 is 2.06 bits per heavy atom. The van der Waals surface area contributed by atoms with Crippen LogP contribution >= 0.6 is 23.1 Å². The fraction of sp³-hybridized carbons (Fsp3) is 0.692. The van der Waals surface area contributed by atoms with Crippen LogP contribution in [0.5, 0.6) is 0 Å². The summed E-state index contributed by atoms with van der Waals surface area (Å²) < 4.78 is 0. The molecule has 1 aliphatic heterocycles. The Balaban J connectivity index is 2.17. The molecule has 1 saturated heterocycles. The standard InChI is InChI=1S/C13H22N2S2/c1-3-11(14)13(12-5-4-10(2)17-12)15-6-8-16-9-7-15/h4-5,11,13H,3,6-9,14H2,1-2H3. The Morgan fingerprint density at radius 3 is 2.59 bits per heavy atom. The molecule has 96 valence electrons. The van der Waals surface area contributed by atoms with E-state index in [1.54, 1.807) is 0 Å². The van der Waals surface area contributed by atoms with E-state index in [9.17, 15) is 0 Å². The van der Waals surface area contributed by atoms with Gasteiger partial charge in [0.15, 0.2) is 0 Å². The summed E-state index contributed by atoms with van der Waals surface area (Å²) in [7, 11) is 0. The Hall–Kier alpha value is -0.0300. The maximum absolute atomic E-state index is 6.35. The van der Waals surface area contributed by atoms with Crippen molar-refractivity contribution in [2.24, 2.45) is 5.73 Å². The molecule has 2 rings (SSSR count). The van der Waals surface area contributed by atoms with Crippen LogP contribution in [0.25, 0.3) is 0 Å². The van der Waals surface area contributed by atoms with E-state index in [-0.39, 0.29) is 6.04 Å². The van der Waals surface area contributed by atoms with Crippen molar-refractivity contribution in [3.63, 3.8) is 0 Å². The lowest BCUT2D eigenvalue weighted by molar-refractivity contribution is 0.189. The van der Waals surface area contributed by atoms with Gasteiger partial charge in [-0.25, -0.2) is 0 Å². The Bertz CT molecular complexity index is 345. The quantitative estimate of drug-likeness (QED) is 0.912. The Morgan fingerprint density at radius 1 is 1.35 bits per heavy atom. The molecule has 2 atom stereocenters. The van der Waals surface area contributed by atoms with E-state index in [0.717, 1.165) is 6.42 Å². The molecule has 0 bridgehead atoms. The molecule has 0 spiro atoms. The van der Waals surface area contributed by atoms with Gasteiger partial charge in [0, 0.05) is 40.4 Å². The molecule has 1 aromatic heterocycles. The van der Waals surface area contributed by atoms with Gasteiger partial charge in [-0.1, -0.05) is 6.92 Å². The van der Waals surface area contributed by atoms with Crippen molar-refractivity contribution >= 4 is 23.1 Å². The second-order valence-electron chi connectivity index (χ2n) is 4.61. The zero-order valence-corrected chi connectivity index (χ0v) is 12.3. The van der Waals surface area contributed by atoms with Crippen LogP contribution in [-0.4, -0.2) is 35.5 Å². The van der Waals surface area contributed by atoms with E-state index < -0.39 is 0 Å². The highest BCUT2D eigenvalue weighted by atomic mass is 32.2.